The van der Waals surface area contributed by atoms with Crippen LogP contribution in [0.15, 0.2) is 12.2 Å². The lowest BCUT2D eigenvalue weighted by atomic mass is 9.97. The number of nitrogens with two attached hydrogens (primary N) is 1. The van der Waals surface area contributed by atoms with E-state index < -0.39 is 0 Å². The fraction of sp³-hybridized carbons (Fsp3) is 0.818. The summed E-state index contributed by atoms with van der Waals surface area (Å²) in [6.07, 6.45) is 3.90. The van der Waals surface area contributed by atoms with Crippen molar-refractivity contribution in [2.24, 2.45) is 17.6 Å². The highest BCUT2D eigenvalue weighted by Gasteiger charge is 2.25. The second-order valence-electron chi connectivity index (χ2n) is 4.16. The molecule has 2 N–H and O–H groups in total. The summed E-state index contributed by atoms with van der Waals surface area (Å²) in [4.78, 5) is 0. The van der Waals surface area contributed by atoms with Gasteiger partial charge in [0.05, 0.1) is 13.2 Å². The van der Waals surface area contributed by atoms with Crippen LogP contribution in [0.3, 0.4) is 0 Å². The maximum atomic E-state index is 5.68. The minimum absolute atomic E-state index is 0.698. The molecular formula is C11H21NO. The molecule has 0 saturated heterocycles. The molecule has 76 valence electrons. The van der Waals surface area contributed by atoms with Crippen LogP contribution in [0.25, 0.3) is 0 Å². The van der Waals surface area contributed by atoms with E-state index >= 15 is 0 Å². The molecule has 1 aliphatic rings. The molecule has 0 amide bonds. The summed E-state index contributed by atoms with van der Waals surface area (Å²) in [7, 11) is 0. The van der Waals surface area contributed by atoms with E-state index in [9.17, 15) is 0 Å². The van der Waals surface area contributed by atoms with Crippen LogP contribution in [-0.4, -0.2) is 19.8 Å². The summed E-state index contributed by atoms with van der Waals surface area (Å²) in [6.45, 7) is 8.20. The Kier molecular flexibility index (Phi) is 4.46. The molecule has 0 aromatic carbocycles. The van der Waals surface area contributed by atoms with E-state index in [4.69, 9.17) is 10.5 Å². The molecule has 2 nitrogen and oxygen atoms in total. The van der Waals surface area contributed by atoms with Crippen LogP contribution in [0.4, 0.5) is 0 Å². The smallest absolute Gasteiger partial charge is 0.0671 e. The largest absolute Gasteiger partial charge is 0.377 e. The van der Waals surface area contributed by atoms with Crippen LogP contribution < -0.4 is 5.73 Å². The molecule has 1 rings (SSSR count). The van der Waals surface area contributed by atoms with E-state index in [1.807, 2.05) is 6.92 Å². The van der Waals surface area contributed by atoms with Gasteiger partial charge in [0.15, 0.2) is 0 Å². The Morgan fingerprint density at radius 2 is 2.15 bits per heavy atom. The normalized spacial score (nSPS) is 27.8. The van der Waals surface area contributed by atoms with Gasteiger partial charge in [-0.05, 0) is 38.1 Å². The summed E-state index contributed by atoms with van der Waals surface area (Å²) in [5.41, 5.74) is 6.78. The van der Waals surface area contributed by atoms with Crippen LogP contribution in [-0.2, 0) is 4.74 Å². The van der Waals surface area contributed by atoms with E-state index in [-0.39, 0.29) is 0 Å². The third-order valence-corrected chi connectivity index (χ3v) is 2.80. The molecule has 13 heavy (non-hydrogen) atoms. The third-order valence-electron chi connectivity index (χ3n) is 2.80. The van der Waals surface area contributed by atoms with Gasteiger partial charge in [0.2, 0.25) is 0 Å². The molecule has 0 aromatic rings. The minimum Gasteiger partial charge on any atom is -0.377 e. The van der Waals surface area contributed by atoms with Gasteiger partial charge in [0.1, 0.15) is 0 Å². The summed E-state index contributed by atoms with van der Waals surface area (Å²) in [5.74, 6) is 1.40. The van der Waals surface area contributed by atoms with Crippen LogP contribution in [0.2, 0.25) is 0 Å². The minimum atomic E-state index is 0.698. The highest BCUT2D eigenvalue weighted by atomic mass is 16.5. The third kappa shape index (κ3) is 3.49. The molecule has 2 heteroatoms. The Morgan fingerprint density at radius 3 is 2.77 bits per heavy atom. The average Bonchev–Trinajstić information content (AvgIpc) is 2.51. The van der Waals surface area contributed by atoms with Crippen molar-refractivity contribution in [3.63, 3.8) is 0 Å². The van der Waals surface area contributed by atoms with E-state index in [2.05, 4.69) is 6.58 Å². The first-order chi connectivity index (χ1) is 6.24. The fourth-order valence-electron chi connectivity index (χ4n) is 2.03. The Labute approximate surface area is 81.1 Å². The lowest BCUT2D eigenvalue weighted by Crippen LogP contribution is -2.22. The first kappa shape index (κ1) is 10.7. The Bertz CT molecular complexity index is 167. The van der Waals surface area contributed by atoms with Crippen molar-refractivity contribution >= 4 is 0 Å². The van der Waals surface area contributed by atoms with E-state index in [0.717, 1.165) is 18.7 Å². The Morgan fingerprint density at radius 1 is 1.46 bits per heavy atom. The van der Waals surface area contributed by atoms with Crippen LogP contribution in [0, 0.1) is 11.8 Å². The molecular weight excluding hydrogens is 162 g/mol. The van der Waals surface area contributed by atoms with Gasteiger partial charge < -0.3 is 10.5 Å². The van der Waals surface area contributed by atoms with Gasteiger partial charge >= 0.3 is 0 Å². The Hall–Kier alpha value is -0.340. The highest BCUT2D eigenvalue weighted by Crippen LogP contribution is 2.30. The summed E-state index contributed by atoms with van der Waals surface area (Å²) < 4.78 is 5.56. The number of hydrogen-bond acceptors (Lipinski definition) is 2. The topological polar surface area (TPSA) is 35.2 Å². The molecule has 0 aliphatic heterocycles. The van der Waals surface area contributed by atoms with Crippen molar-refractivity contribution in [3.8, 4) is 0 Å². The van der Waals surface area contributed by atoms with Crippen LogP contribution in [0.5, 0.6) is 0 Å². The predicted octanol–water partition coefficient (Wildman–Crippen LogP) is 1.95. The van der Waals surface area contributed by atoms with Gasteiger partial charge in [-0.2, -0.15) is 0 Å². The molecule has 1 aliphatic carbocycles. The van der Waals surface area contributed by atoms with E-state index in [1.54, 1.807) is 0 Å². The van der Waals surface area contributed by atoms with Crippen LogP contribution in [0.1, 0.15) is 26.2 Å². The molecule has 1 fully saturated rings. The zero-order valence-electron chi connectivity index (χ0n) is 8.59. The zero-order valence-corrected chi connectivity index (χ0v) is 8.59. The molecule has 0 bridgehead atoms. The lowest BCUT2D eigenvalue weighted by Gasteiger charge is -2.17. The molecule has 1 saturated carbocycles. The molecule has 0 aromatic heterocycles. The number of rotatable bonds is 5. The van der Waals surface area contributed by atoms with Gasteiger partial charge in [0, 0.05) is 0 Å². The second-order valence-corrected chi connectivity index (χ2v) is 4.16. The second kappa shape index (κ2) is 5.40. The van der Waals surface area contributed by atoms with Gasteiger partial charge in [0.25, 0.3) is 0 Å². The monoisotopic (exact) mass is 183 g/mol. The van der Waals surface area contributed by atoms with Crippen molar-refractivity contribution in [1.82, 2.24) is 0 Å². The molecule has 0 spiro atoms. The van der Waals surface area contributed by atoms with Gasteiger partial charge in [-0.3, -0.25) is 0 Å². The summed E-state index contributed by atoms with van der Waals surface area (Å²) >= 11 is 0. The standard InChI is InChI=1S/C11H21NO/c1-9(2)7-13-8-11-5-3-4-10(11)6-12/h10-11H,1,3-8,12H2,2H3. The maximum Gasteiger partial charge on any atom is 0.0671 e. The van der Waals surface area contributed by atoms with Crippen molar-refractivity contribution < 1.29 is 4.74 Å². The highest BCUT2D eigenvalue weighted by molar-refractivity contribution is 4.87. The predicted molar refractivity (Wildman–Crippen MR) is 55.5 cm³/mol. The van der Waals surface area contributed by atoms with Crippen molar-refractivity contribution in [2.75, 3.05) is 19.8 Å². The number of ether oxygens (including phenoxy) is 1. The van der Waals surface area contributed by atoms with Crippen LogP contribution >= 0.6 is 0 Å². The number of hydrogen-bond donors (Lipinski definition) is 1. The molecule has 2 unspecified atom stereocenters. The van der Waals surface area contributed by atoms with Crippen molar-refractivity contribution in [2.45, 2.75) is 26.2 Å². The fourth-order valence-corrected chi connectivity index (χ4v) is 2.03. The zero-order chi connectivity index (χ0) is 9.68. The quantitative estimate of drug-likeness (QED) is 0.661. The van der Waals surface area contributed by atoms with E-state index in [1.165, 1.54) is 19.3 Å². The Balaban J connectivity index is 2.16. The summed E-state index contributed by atoms with van der Waals surface area (Å²) in [6, 6.07) is 0. The van der Waals surface area contributed by atoms with Crippen molar-refractivity contribution in [1.29, 1.82) is 0 Å². The SMILES string of the molecule is C=C(C)COCC1CCCC1CN. The maximum absolute atomic E-state index is 5.68. The van der Waals surface area contributed by atoms with E-state index in [0.29, 0.717) is 18.4 Å². The van der Waals surface area contributed by atoms with Gasteiger partial charge in [-0.25, -0.2) is 0 Å². The van der Waals surface area contributed by atoms with Crippen molar-refractivity contribution in [3.05, 3.63) is 12.2 Å². The average molecular weight is 183 g/mol. The summed E-state index contributed by atoms with van der Waals surface area (Å²) in [5, 5.41) is 0. The molecule has 0 heterocycles. The molecule has 2 atom stereocenters. The molecule has 0 radical (unpaired) electrons. The van der Waals surface area contributed by atoms with Gasteiger partial charge in [-0.15, -0.1) is 0 Å². The first-order valence-corrected chi connectivity index (χ1v) is 5.16. The van der Waals surface area contributed by atoms with Gasteiger partial charge in [-0.1, -0.05) is 18.6 Å². The lowest BCUT2D eigenvalue weighted by molar-refractivity contribution is 0.104. The first-order valence-electron chi connectivity index (χ1n) is 5.16.